The van der Waals surface area contributed by atoms with E-state index in [9.17, 15) is 4.39 Å². The van der Waals surface area contributed by atoms with Crippen LogP contribution in [0.3, 0.4) is 0 Å². The van der Waals surface area contributed by atoms with Crippen molar-refractivity contribution in [3.05, 3.63) is 29.6 Å². The Hall–Kier alpha value is -1.05. The predicted octanol–water partition coefficient (Wildman–Crippen LogP) is 2.67. The Kier molecular flexibility index (Phi) is 1.27. The summed E-state index contributed by atoms with van der Waals surface area (Å²) in [7, 11) is 0. The molecule has 2 aliphatic rings. The van der Waals surface area contributed by atoms with E-state index in [-0.39, 0.29) is 5.82 Å². The van der Waals surface area contributed by atoms with Crippen LogP contribution in [-0.2, 0) is 5.41 Å². The summed E-state index contributed by atoms with van der Waals surface area (Å²) in [5.41, 5.74) is 2.31. The summed E-state index contributed by atoms with van der Waals surface area (Å²) in [6, 6.07) is 5.42. The van der Waals surface area contributed by atoms with E-state index in [1.54, 1.807) is 0 Å². The summed E-state index contributed by atoms with van der Waals surface area (Å²) in [5, 5.41) is 3.15. The molecule has 0 atom stereocenters. The van der Waals surface area contributed by atoms with Crippen LogP contribution in [0.1, 0.15) is 24.8 Å². The first kappa shape index (κ1) is 7.36. The van der Waals surface area contributed by atoms with E-state index in [1.165, 1.54) is 30.9 Å². The van der Waals surface area contributed by atoms with Crippen LogP contribution in [-0.4, -0.2) is 6.54 Å². The molecule has 3 rings (SSSR count). The molecule has 0 unspecified atom stereocenters. The van der Waals surface area contributed by atoms with E-state index >= 15 is 0 Å². The normalized spacial score (nSPS) is 22.2. The third-order valence-corrected chi connectivity index (χ3v) is 3.34. The van der Waals surface area contributed by atoms with Crippen molar-refractivity contribution in [2.45, 2.75) is 24.7 Å². The zero-order valence-corrected chi connectivity index (χ0v) is 7.44. The van der Waals surface area contributed by atoms with E-state index in [0.29, 0.717) is 5.41 Å². The van der Waals surface area contributed by atoms with E-state index < -0.39 is 0 Å². The second-order valence-electron chi connectivity index (χ2n) is 4.12. The standard InChI is InChI=1S/C11H12FN/c12-9-3-1-2-8-10(9)13-7-6-11(8)4-5-11/h1-3,13H,4-7H2. The second-order valence-corrected chi connectivity index (χ2v) is 4.12. The molecule has 1 saturated carbocycles. The number of fused-ring (bicyclic) bond motifs is 2. The van der Waals surface area contributed by atoms with Crippen LogP contribution in [0.5, 0.6) is 0 Å². The Balaban J connectivity index is 2.19. The van der Waals surface area contributed by atoms with Crippen molar-refractivity contribution < 1.29 is 4.39 Å². The maximum absolute atomic E-state index is 13.4. The van der Waals surface area contributed by atoms with Gasteiger partial charge in [-0.25, -0.2) is 4.39 Å². The van der Waals surface area contributed by atoms with Crippen LogP contribution in [0.4, 0.5) is 10.1 Å². The van der Waals surface area contributed by atoms with Crippen molar-refractivity contribution in [3.63, 3.8) is 0 Å². The fourth-order valence-electron chi connectivity index (χ4n) is 2.38. The molecule has 1 aromatic rings. The molecule has 68 valence electrons. The fraction of sp³-hybridized carbons (Fsp3) is 0.455. The van der Waals surface area contributed by atoms with Crippen molar-refractivity contribution in [2.75, 3.05) is 11.9 Å². The average Bonchev–Trinajstić information content (AvgIpc) is 2.89. The third kappa shape index (κ3) is 0.916. The highest BCUT2D eigenvalue weighted by atomic mass is 19.1. The Morgan fingerprint density at radius 1 is 1.23 bits per heavy atom. The summed E-state index contributed by atoms with van der Waals surface area (Å²) in [5.74, 6) is -0.0940. The third-order valence-electron chi connectivity index (χ3n) is 3.34. The van der Waals surface area contributed by atoms with Gasteiger partial charge in [0.05, 0.1) is 5.69 Å². The molecule has 1 nitrogen and oxygen atoms in total. The lowest BCUT2D eigenvalue weighted by atomic mass is 9.88. The molecule has 1 aliphatic carbocycles. The molecular formula is C11H12FN. The zero-order chi connectivity index (χ0) is 8.89. The molecule has 1 spiro atoms. The van der Waals surface area contributed by atoms with Crippen LogP contribution < -0.4 is 5.32 Å². The molecule has 0 bridgehead atoms. The van der Waals surface area contributed by atoms with Crippen molar-refractivity contribution in [1.82, 2.24) is 0 Å². The van der Waals surface area contributed by atoms with Crippen molar-refractivity contribution >= 4 is 5.69 Å². The topological polar surface area (TPSA) is 12.0 Å². The van der Waals surface area contributed by atoms with Gasteiger partial charge in [-0.15, -0.1) is 0 Å². The van der Waals surface area contributed by atoms with Crippen LogP contribution in [0.15, 0.2) is 18.2 Å². The zero-order valence-electron chi connectivity index (χ0n) is 7.44. The molecule has 13 heavy (non-hydrogen) atoms. The van der Waals surface area contributed by atoms with Crippen LogP contribution in [0.2, 0.25) is 0 Å². The molecule has 0 radical (unpaired) electrons. The molecular weight excluding hydrogens is 165 g/mol. The smallest absolute Gasteiger partial charge is 0.146 e. The molecule has 0 amide bonds. The fourth-order valence-corrected chi connectivity index (χ4v) is 2.38. The Labute approximate surface area is 77.0 Å². The minimum atomic E-state index is -0.0940. The van der Waals surface area contributed by atoms with Gasteiger partial charge in [-0.05, 0) is 36.3 Å². The van der Waals surface area contributed by atoms with Gasteiger partial charge in [-0.1, -0.05) is 12.1 Å². The largest absolute Gasteiger partial charge is 0.382 e. The number of benzene rings is 1. The Bertz CT molecular complexity index is 355. The molecule has 2 heteroatoms. The molecule has 1 fully saturated rings. The van der Waals surface area contributed by atoms with E-state index in [0.717, 1.165) is 12.2 Å². The van der Waals surface area contributed by atoms with E-state index in [1.807, 2.05) is 6.07 Å². The Morgan fingerprint density at radius 2 is 2.08 bits per heavy atom. The number of rotatable bonds is 0. The highest BCUT2D eigenvalue weighted by molar-refractivity contribution is 5.59. The summed E-state index contributed by atoms with van der Waals surface area (Å²) in [6.07, 6.45) is 3.65. The van der Waals surface area contributed by atoms with Crippen molar-refractivity contribution in [1.29, 1.82) is 0 Å². The van der Waals surface area contributed by atoms with E-state index in [2.05, 4.69) is 11.4 Å². The summed E-state index contributed by atoms with van der Waals surface area (Å²) in [4.78, 5) is 0. The molecule has 0 aromatic heterocycles. The van der Waals surface area contributed by atoms with Gasteiger partial charge < -0.3 is 5.32 Å². The monoisotopic (exact) mass is 177 g/mol. The number of para-hydroxylation sites is 1. The molecule has 0 saturated heterocycles. The highest BCUT2D eigenvalue weighted by Gasteiger charge is 2.47. The van der Waals surface area contributed by atoms with Crippen LogP contribution in [0.25, 0.3) is 0 Å². The maximum Gasteiger partial charge on any atom is 0.146 e. The maximum atomic E-state index is 13.4. The first-order chi connectivity index (χ1) is 6.32. The molecule has 1 N–H and O–H groups in total. The lowest BCUT2D eigenvalue weighted by Gasteiger charge is -2.26. The lowest BCUT2D eigenvalue weighted by molar-refractivity contribution is 0.585. The minimum Gasteiger partial charge on any atom is -0.382 e. The molecule has 1 aromatic carbocycles. The number of halogens is 1. The van der Waals surface area contributed by atoms with Gasteiger partial charge >= 0.3 is 0 Å². The quantitative estimate of drug-likeness (QED) is 0.642. The Morgan fingerprint density at radius 3 is 2.85 bits per heavy atom. The summed E-state index contributed by atoms with van der Waals surface area (Å²) >= 11 is 0. The highest BCUT2D eigenvalue weighted by Crippen LogP contribution is 2.55. The van der Waals surface area contributed by atoms with Gasteiger partial charge in [0.2, 0.25) is 0 Å². The first-order valence-corrected chi connectivity index (χ1v) is 4.85. The van der Waals surface area contributed by atoms with Crippen LogP contribution >= 0.6 is 0 Å². The van der Waals surface area contributed by atoms with Gasteiger partial charge in [0.15, 0.2) is 0 Å². The number of hydrogen-bond donors (Lipinski definition) is 1. The predicted molar refractivity (Wildman–Crippen MR) is 50.4 cm³/mol. The number of anilines is 1. The number of nitrogens with one attached hydrogen (secondary N) is 1. The van der Waals surface area contributed by atoms with Gasteiger partial charge in [0.1, 0.15) is 5.82 Å². The SMILES string of the molecule is Fc1cccc2c1NCCC21CC1. The number of hydrogen-bond acceptors (Lipinski definition) is 1. The lowest BCUT2D eigenvalue weighted by Crippen LogP contribution is -2.22. The first-order valence-electron chi connectivity index (χ1n) is 4.85. The average molecular weight is 177 g/mol. The van der Waals surface area contributed by atoms with Gasteiger partial charge in [-0.2, -0.15) is 0 Å². The van der Waals surface area contributed by atoms with Gasteiger partial charge in [0.25, 0.3) is 0 Å². The summed E-state index contributed by atoms with van der Waals surface area (Å²) in [6.45, 7) is 0.925. The van der Waals surface area contributed by atoms with E-state index in [4.69, 9.17) is 0 Å². The van der Waals surface area contributed by atoms with Crippen molar-refractivity contribution in [2.24, 2.45) is 0 Å². The van der Waals surface area contributed by atoms with Crippen molar-refractivity contribution in [3.8, 4) is 0 Å². The molecule has 1 aliphatic heterocycles. The van der Waals surface area contributed by atoms with Gasteiger partial charge in [0, 0.05) is 6.54 Å². The second kappa shape index (κ2) is 2.25. The minimum absolute atomic E-state index is 0.0940. The van der Waals surface area contributed by atoms with Crippen LogP contribution in [0, 0.1) is 5.82 Å². The molecule has 1 heterocycles. The van der Waals surface area contributed by atoms with Gasteiger partial charge in [-0.3, -0.25) is 0 Å². The summed E-state index contributed by atoms with van der Waals surface area (Å²) < 4.78 is 13.4.